The number of rotatable bonds is 2. The third kappa shape index (κ3) is 2.49. The summed E-state index contributed by atoms with van der Waals surface area (Å²) in [4.78, 5) is 23.9. The number of nitrogens with zero attached hydrogens (tertiary/aromatic N) is 2. The first-order valence-corrected chi connectivity index (χ1v) is 5.95. The molecule has 1 aliphatic carbocycles. The molecule has 0 saturated heterocycles. The van der Waals surface area contributed by atoms with E-state index in [-0.39, 0.29) is 17.5 Å². The SMILES string of the molecule is CC1=CC(=O)c2cc(C(C)=NN=C(N)N)ccc2C1=O. The van der Waals surface area contributed by atoms with Crippen LogP contribution < -0.4 is 11.5 Å². The zero-order chi connectivity index (χ0) is 14.9. The van der Waals surface area contributed by atoms with Gasteiger partial charge < -0.3 is 11.5 Å². The average molecular weight is 270 g/mol. The van der Waals surface area contributed by atoms with Gasteiger partial charge in [0.2, 0.25) is 5.96 Å². The number of hydrogen-bond acceptors (Lipinski definition) is 4. The van der Waals surface area contributed by atoms with E-state index in [2.05, 4.69) is 10.2 Å². The van der Waals surface area contributed by atoms with Crippen molar-refractivity contribution in [2.24, 2.45) is 21.7 Å². The van der Waals surface area contributed by atoms with Crippen LogP contribution in [-0.2, 0) is 0 Å². The molecule has 1 aromatic rings. The Bertz CT molecular complexity index is 695. The fourth-order valence-corrected chi connectivity index (χ4v) is 1.91. The number of nitrogens with two attached hydrogens (primary N) is 2. The van der Waals surface area contributed by atoms with Crippen molar-refractivity contribution in [3.05, 3.63) is 46.5 Å². The van der Waals surface area contributed by atoms with Crippen molar-refractivity contribution in [3.8, 4) is 0 Å². The third-order valence-electron chi connectivity index (χ3n) is 2.97. The second-order valence-electron chi connectivity index (χ2n) is 4.49. The summed E-state index contributed by atoms with van der Waals surface area (Å²) in [6, 6.07) is 4.96. The van der Waals surface area contributed by atoms with Gasteiger partial charge in [0, 0.05) is 16.7 Å². The molecule has 0 saturated carbocycles. The molecule has 102 valence electrons. The number of guanidine groups is 1. The number of benzene rings is 1. The third-order valence-corrected chi connectivity index (χ3v) is 2.97. The first-order chi connectivity index (χ1) is 9.40. The molecule has 0 amide bonds. The lowest BCUT2D eigenvalue weighted by molar-refractivity contribution is 0.0984. The van der Waals surface area contributed by atoms with Crippen LogP contribution in [0.3, 0.4) is 0 Å². The Morgan fingerprint density at radius 1 is 1.10 bits per heavy atom. The highest BCUT2D eigenvalue weighted by Crippen LogP contribution is 2.22. The highest BCUT2D eigenvalue weighted by Gasteiger charge is 2.23. The summed E-state index contributed by atoms with van der Waals surface area (Å²) < 4.78 is 0. The molecule has 4 N–H and O–H groups in total. The van der Waals surface area contributed by atoms with Gasteiger partial charge in [0.15, 0.2) is 11.6 Å². The quantitative estimate of drug-likeness (QED) is 0.474. The molecule has 20 heavy (non-hydrogen) atoms. The molecule has 6 nitrogen and oxygen atoms in total. The number of allylic oxidation sites excluding steroid dienone is 2. The summed E-state index contributed by atoms with van der Waals surface area (Å²) in [5.74, 6) is -0.467. The van der Waals surface area contributed by atoms with E-state index >= 15 is 0 Å². The van der Waals surface area contributed by atoms with Crippen LogP contribution in [0.1, 0.15) is 40.1 Å². The summed E-state index contributed by atoms with van der Waals surface area (Å²) >= 11 is 0. The van der Waals surface area contributed by atoms with Gasteiger partial charge in [0.1, 0.15) is 0 Å². The average Bonchev–Trinajstić information content (AvgIpc) is 2.41. The van der Waals surface area contributed by atoms with E-state index in [4.69, 9.17) is 11.5 Å². The maximum Gasteiger partial charge on any atom is 0.211 e. The lowest BCUT2D eigenvalue weighted by Gasteiger charge is -2.13. The molecule has 0 bridgehead atoms. The molecule has 0 aromatic heterocycles. The predicted molar refractivity (Wildman–Crippen MR) is 76.9 cm³/mol. The van der Waals surface area contributed by atoms with Crippen molar-refractivity contribution < 1.29 is 9.59 Å². The molecule has 6 heteroatoms. The van der Waals surface area contributed by atoms with Gasteiger partial charge in [-0.25, -0.2) is 0 Å². The van der Waals surface area contributed by atoms with E-state index in [9.17, 15) is 9.59 Å². The van der Waals surface area contributed by atoms with Gasteiger partial charge >= 0.3 is 0 Å². The maximum absolute atomic E-state index is 12.0. The second-order valence-corrected chi connectivity index (χ2v) is 4.49. The van der Waals surface area contributed by atoms with E-state index < -0.39 is 0 Å². The van der Waals surface area contributed by atoms with Crippen LogP contribution >= 0.6 is 0 Å². The molecule has 1 aliphatic rings. The minimum atomic E-state index is -0.186. The second kappa shape index (κ2) is 5.08. The summed E-state index contributed by atoms with van der Waals surface area (Å²) in [6.07, 6.45) is 1.34. The lowest BCUT2D eigenvalue weighted by Crippen LogP contribution is -2.22. The van der Waals surface area contributed by atoms with Crippen molar-refractivity contribution in [2.45, 2.75) is 13.8 Å². The molecule has 0 aliphatic heterocycles. The van der Waals surface area contributed by atoms with E-state index in [0.29, 0.717) is 28.0 Å². The van der Waals surface area contributed by atoms with E-state index in [1.54, 1.807) is 32.0 Å². The van der Waals surface area contributed by atoms with Gasteiger partial charge in [0.25, 0.3) is 0 Å². The van der Waals surface area contributed by atoms with Crippen LogP contribution in [0, 0.1) is 0 Å². The van der Waals surface area contributed by atoms with E-state index in [0.717, 1.165) is 0 Å². The van der Waals surface area contributed by atoms with Crippen LogP contribution in [0.2, 0.25) is 0 Å². The normalized spacial score (nSPS) is 14.7. The van der Waals surface area contributed by atoms with E-state index in [1.807, 2.05) is 0 Å². The Labute approximate surface area is 115 Å². The number of Topliss-reactive ketones (excluding diaryl/α,β-unsaturated/α-hetero) is 1. The maximum atomic E-state index is 12.0. The molecule has 0 spiro atoms. The van der Waals surface area contributed by atoms with Gasteiger partial charge in [-0.15, -0.1) is 5.10 Å². The zero-order valence-electron chi connectivity index (χ0n) is 11.2. The fraction of sp³-hybridized carbons (Fsp3) is 0.143. The van der Waals surface area contributed by atoms with Crippen LogP contribution in [-0.4, -0.2) is 23.2 Å². The highest BCUT2D eigenvalue weighted by molar-refractivity contribution is 6.24. The van der Waals surface area contributed by atoms with Crippen molar-refractivity contribution in [1.82, 2.24) is 0 Å². The topological polar surface area (TPSA) is 111 Å². The van der Waals surface area contributed by atoms with Crippen LogP contribution in [0.5, 0.6) is 0 Å². The van der Waals surface area contributed by atoms with Crippen molar-refractivity contribution in [1.29, 1.82) is 0 Å². The van der Waals surface area contributed by atoms with Gasteiger partial charge in [-0.3, -0.25) is 9.59 Å². The molecule has 0 fully saturated rings. The Morgan fingerprint density at radius 3 is 2.45 bits per heavy atom. The molecule has 0 heterocycles. The molecule has 0 radical (unpaired) electrons. The molecular formula is C14H14N4O2. The summed E-state index contributed by atoms with van der Waals surface area (Å²) in [6.45, 7) is 3.34. The summed E-state index contributed by atoms with van der Waals surface area (Å²) in [5, 5.41) is 7.40. The minimum Gasteiger partial charge on any atom is -0.369 e. The molecule has 0 unspecified atom stereocenters. The van der Waals surface area contributed by atoms with Crippen LogP contribution in [0.15, 0.2) is 40.1 Å². The number of carbonyl (C=O) groups is 2. The zero-order valence-corrected chi connectivity index (χ0v) is 11.2. The predicted octanol–water partition coefficient (Wildman–Crippen LogP) is 1.01. The summed E-state index contributed by atoms with van der Waals surface area (Å²) in [5.41, 5.74) is 12.9. The smallest absolute Gasteiger partial charge is 0.211 e. The Morgan fingerprint density at radius 2 is 1.80 bits per heavy atom. The van der Waals surface area contributed by atoms with Crippen molar-refractivity contribution in [2.75, 3.05) is 0 Å². The van der Waals surface area contributed by atoms with Gasteiger partial charge in [0.05, 0.1) is 5.71 Å². The van der Waals surface area contributed by atoms with Crippen LogP contribution in [0.4, 0.5) is 0 Å². The molecule has 0 atom stereocenters. The minimum absolute atomic E-state index is 0.134. The summed E-state index contributed by atoms with van der Waals surface area (Å²) in [7, 11) is 0. The van der Waals surface area contributed by atoms with Gasteiger partial charge in [-0.1, -0.05) is 6.07 Å². The first kappa shape index (κ1) is 13.7. The molecule has 1 aromatic carbocycles. The monoisotopic (exact) mass is 270 g/mol. The first-order valence-electron chi connectivity index (χ1n) is 5.95. The number of fused-ring (bicyclic) bond motifs is 1. The Kier molecular flexibility index (Phi) is 3.47. The van der Waals surface area contributed by atoms with Gasteiger partial charge in [-0.2, -0.15) is 5.10 Å². The Balaban J connectivity index is 2.48. The lowest BCUT2D eigenvalue weighted by atomic mass is 9.88. The number of hydrogen-bond donors (Lipinski definition) is 2. The Hall–Kier alpha value is -2.76. The number of ketones is 2. The molecule has 2 rings (SSSR count). The largest absolute Gasteiger partial charge is 0.369 e. The fourth-order valence-electron chi connectivity index (χ4n) is 1.91. The molecular weight excluding hydrogens is 256 g/mol. The van der Waals surface area contributed by atoms with Crippen molar-refractivity contribution in [3.63, 3.8) is 0 Å². The van der Waals surface area contributed by atoms with Crippen molar-refractivity contribution >= 4 is 23.2 Å². The van der Waals surface area contributed by atoms with Gasteiger partial charge in [-0.05, 0) is 37.6 Å². The van der Waals surface area contributed by atoms with Crippen LogP contribution in [0.25, 0.3) is 0 Å². The highest BCUT2D eigenvalue weighted by atomic mass is 16.1. The van der Waals surface area contributed by atoms with E-state index in [1.165, 1.54) is 6.08 Å². The standard InChI is InChI=1S/C14H14N4O2/c1-7-5-12(19)11-6-9(3-4-10(11)13(7)20)8(2)17-18-14(15)16/h3-6H,1-2H3,(H4,15,16,18). The number of carbonyl (C=O) groups excluding carboxylic acids is 2.